The summed E-state index contributed by atoms with van der Waals surface area (Å²) in [4.78, 5) is 2.30. The first-order valence-corrected chi connectivity index (χ1v) is 3.80. The van der Waals surface area contributed by atoms with Gasteiger partial charge in [-0.2, -0.15) is 0 Å². The second-order valence-electron chi connectivity index (χ2n) is 2.77. The predicted molar refractivity (Wildman–Crippen MR) is 44.8 cm³/mol. The average molecular weight is 137 g/mol. The fourth-order valence-electron chi connectivity index (χ4n) is 1.28. The van der Waals surface area contributed by atoms with Crippen molar-refractivity contribution in [2.24, 2.45) is 0 Å². The summed E-state index contributed by atoms with van der Waals surface area (Å²) in [6.45, 7) is 5.43. The van der Waals surface area contributed by atoms with E-state index in [-0.39, 0.29) is 0 Å². The van der Waals surface area contributed by atoms with Crippen LogP contribution in [0.1, 0.15) is 20.3 Å². The van der Waals surface area contributed by atoms with Crippen LogP contribution in [-0.2, 0) is 0 Å². The van der Waals surface area contributed by atoms with E-state index in [2.05, 4.69) is 37.9 Å². The van der Waals surface area contributed by atoms with Gasteiger partial charge >= 0.3 is 0 Å². The third-order valence-corrected chi connectivity index (χ3v) is 2.05. The first kappa shape index (κ1) is 7.39. The normalized spacial score (nSPS) is 19.7. The smallest absolute Gasteiger partial charge is 0.0350 e. The van der Waals surface area contributed by atoms with Gasteiger partial charge in [0.2, 0.25) is 0 Å². The number of allylic oxidation sites excluding steroid dienone is 2. The molecule has 0 aromatic carbocycles. The minimum Gasteiger partial charge on any atom is -0.374 e. The quantitative estimate of drug-likeness (QED) is 0.535. The van der Waals surface area contributed by atoms with Gasteiger partial charge in [0.05, 0.1) is 0 Å². The Labute approximate surface area is 63.0 Å². The fourth-order valence-corrected chi connectivity index (χ4v) is 1.28. The lowest BCUT2D eigenvalue weighted by atomic mass is 10.2. The van der Waals surface area contributed by atoms with Crippen LogP contribution in [0.3, 0.4) is 0 Å². The van der Waals surface area contributed by atoms with Gasteiger partial charge in [0.1, 0.15) is 0 Å². The first-order valence-electron chi connectivity index (χ1n) is 3.80. The molecule has 56 valence electrons. The second-order valence-corrected chi connectivity index (χ2v) is 2.77. The molecule has 1 nitrogen and oxygen atoms in total. The molecule has 0 atom stereocenters. The zero-order valence-corrected chi connectivity index (χ0v) is 7.02. The Morgan fingerprint density at radius 1 is 1.70 bits per heavy atom. The van der Waals surface area contributed by atoms with E-state index in [9.17, 15) is 0 Å². The molecule has 1 aliphatic heterocycles. The van der Waals surface area contributed by atoms with E-state index in [0.29, 0.717) is 0 Å². The Balaban J connectivity index is 2.72. The largest absolute Gasteiger partial charge is 0.374 e. The predicted octanol–water partition coefficient (Wildman–Crippen LogP) is 2.17. The molecule has 0 saturated heterocycles. The van der Waals surface area contributed by atoms with Crippen molar-refractivity contribution >= 4 is 0 Å². The van der Waals surface area contributed by atoms with Gasteiger partial charge in [0, 0.05) is 19.3 Å². The average Bonchev–Trinajstić information content (AvgIpc) is 2.34. The van der Waals surface area contributed by atoms with Crippen molar-refractivity contribution in [1.29, 1.82) is 0 Å². The lowest BCUT2D eigenvalue weighted by Crippen LogP contribution is -2.13. The van der Waals surface area contributed by atoms with Crippen LogP contribution in [0.4, 0.5) is 0 Å². The van der Waals surface area contributed by atoms with Crippen LogP contribution >= 0.6 is 0 Å². The van der Waals surface area contributed by atoms with Crippen molar-refractivity contribution in [2.45, 2.75) is 20.3 Å². The molecule has 1 heterocycles. The Morgan fingerprint density at radius 3 is 2.80 bits per heavy atom. The molecule has 0 aliphatic carbocycles. The highest BCUT2D eigenvalue weighted by Gasteiger charge is 2.10. The summed E-state index contributed by atoms with van der Waals surface area (Å²) in [6, 6.07) is 0. The van der Waals surface area contributed by atoms with Gasteiger partial charge in [0.25, 0.3) is 0 Å². The van der Waals surface area contributed by atoms with Gasteiger partial charge in [-0.25, -0.2) is 0 Å². The van der Waals surface area contributed by atoms with Crippen molar-refractivity contribution in [3.8, 4) is 0 Å². The first-order chi connectivity index (χ1) is 4.75. The molecule has 0 radical (unpaired) electrons. The van der Waals surface area contributed by atoms with Gasteiger partial charge < -0.3 is 4.90 Å². The van der Waals surface area contributed by atoms with Gasteiger partial charge in [-0.3, -0.25) is 0 Å². The van der Waals surface area contributed by atoms with E-state index >= 15 is 0 Å². The fraction of sp³-hybridized carbons (Fsp3) is 0.556. The highest BCUT2D eigenvalue weighted by Crippen LogP contribution is 2.19. The maximum atomic E-state index is 2.30. The highest BCUT2D eigenvalue weighted by molar-refractivity contribution is 5.29. The molecule has 1 rings (SSSR count). The molecule has 1 aliphatic rings. The van der Waals surface area contributed by atoms with Crippen LogP contribution in [0.2, 0.25) is 0 Å². The maximum absolute atomic E-state index is 2.30. The van der Waals surface area contributed by atoms with Crippen LogP contribution in [-0.4, -0.2) is 18.5 Å². The topological polar surface area (TPSA) is 3.24 Å². The number of hydrogen-bond donors (Lipinski definition) is 0. The Hall–Kier alpha value is -0.720. The van der Waals surface area contributed by atoms with Crippen LogP contribution in [0, 0.1) is 0 Å². The Kier molecular flexibility index (Phi) is 2.15. The van der Waals surface area contributed by atoms with E-state index in [4.69, 9.17) is 0 Å². The summed E-state index contributed by atoms with van der Waals surface area (Å²) >= 11 is 0. The molecular weight excluding hydrogens is 122 g/mol. The molecule has 0 bridgehead atoms. The number of likely N-dealkylation sites (N-methyl/N-ethyl adjacent to an activating group) is 1. The van der Waals surface area contributed by atoms with Gasteiger partial charge in [0.15, 0.2) is 0 Å². The molecular formula is C9H15N. The van der Waals surface area contributed by atoms with Crippen molar-refractivity contribution < 1.29 is 0 Å². The highest BCUT2D eigenvalue weighted by atomic mass is 15.1. The van der Waals surface area contributed by atoms with Crippen LogP contribution in [0.15, 0.2) is 23.4 Å². The number of hydrogen-bond acceptors (Lipinski definition) is 1. The second kappa shape index (κ2) is 2.91. The van der Waals surface area contributed by atoms with E-state index in [1.54, 1.807) is 0 Å². The Morgan fingerprint density at radius 2 is 2.40 bits per heavy atom. The standard InChI is InChI=1S/C9H15N/c1-4-8(2)9-6-5-7-10(9)3/h4,6H,5,7H2,1-3H3. The summed E-state index contributed by atoms with van der Waals surface area (Å²) in [7, 11) is 2.14. The molecule has 0 spiro atoms. The van der Waals surface area contributed by atoms with Crippen molar-refractivity contribution in [3.63, 3.8) is 0 Å². The summed E-state index contributed by atoms with van der Waals surface area (Å²) < 4.78 is 0. The number of nitrogens with zero attached hydrogens (tertiary/aromatic N) is 1. The van der Waals surface area contributed by atoms with E-state index < -0.39 is 0 Å². The van der Waals surface area contributed by atoms with Crippen LogP contribution < -0.4 is 0 Å². The molecule has 10 heavy (non-hydrogen) atoms. The van der Waals surface area contributed by atoms with Crippen molar-refractivity contribution in [2.75, 3.05) is 13.6 Å². The monoisotopic (exact) mass is 137 g/mol. The zero-order valence-electron chi connectivity index (χ0n) is 7.02. The van der Waals surface area contributed by atoms with E-state index in [1.807, 2.05) is 0 Å². The zero-order chi connectivity index (χ0) is 7.56. The van der Waals surface area contributed by atoms with Crippen LogP contribution in [0.5, 0.6) is 0 Å². The SMILES string of the molecule is CC=C(C)C1=CCCN1C. The lowest BCUT2D eigenvalue weighted by Gasteiger charge is -2.15. The van der Waals surface area contributed by atoms with Crippen LogP contribution in [0.25, 0.3) is 0 Å². The summed E-state index contributed by atoms with van der Waals surface area (Å²) in [5, 5.41) is 0. The summed E-state index contributed by atoms with van der Waals surface area (Å²) in [5.74, 6) is 0. The van der Waals surface area contributed by atoms with Gasteiger partial charge in [-0.1, -0.05) is 12.2 Å². The Bertz CT molecular complexity index is 177. The van der Waals surface area contributed by atoms with Gasteiger partial charge in [-0.15, -0.1) is 0 Å². The minimum absolute atomic E-state index is 1.18. The summed E-state index contributed by atoms with van der Waals surface area (Å²) in [6.07, 6.45) is 5.67. The molecule has 0 fully saturated rings. The van der Waals surface area contributed by atoms with E-state index in [0.717, 1.165) is 0 Å². The molecule has 0 aromatic heterocycles. The van der Waals surface area contributed by atoms with Crippen molar-refractivity contribution in [3.05, 3.63) is 23.4 Å². The lowest BCUT2D eigenvalue weighted by molar-refractivity contribution is 0.466. The third kappa shape index (κ3) is 1.23. The molecule has 0 aromatic rings. The van der Waals surface area contributed by atoms with Gasteiger partial charge in [-0.05, 0) is 25.8 Å². The molecule has 1 heteroatoms. The van der Waals surface area contributed by atoms with E-state index in [1.165, 1.54) is 24.2 Å². The molecule has 0 N–H and O–H groups in total. The molecule has 0 saturated carbocycles. The maximum Gasteiger partial charge on any atom is 0.0350 e. The number of rotatable bonds is 1. The molecule has 0 amide bonds. The third-order valence-electron chi connectivity index (χ3n) is 2.05. The molecule has 0 unspecified atom stereocenters. The van der Waals surface area contributed by atoms with Crippen molar-refractivity contribution in [1.82, 2.24) is 4.90 Å². The minimum atomic E-state index is 1.18. The summed E-state index contributed by atoms with van der Waals surface area (Å²) in [5.41, 5.74) is 2.79.